The van der Waals surface area contributed by atoms with E-state index in [2.05, 4.69) is 16.0 Å². The number of H-pyrrole nitrogens is 1. The number of nitriles is 1. The maximum Gasteiger partial charge on any atom is 0.273 e. The number of aromatic amines is 1. The Morgan fingerprint density at radius 1 is 1.38 bits per heavy atom. The SMILES string of the molecule is CCc1ccc(/C=C(/C#N)c2nc3ccccc3[nH]2)cc1[N+](=O)[O-]. The number of aryl methyl sites for hydroxylation is 1. The molecule has 0 saturated heterocycles. The number of para-hydroxylation sites is 2. The van der Waals surface area contributed by atoms with Gasteiger partial charge in [0, 0.05) is 11.6 Å². The number of nitro groups is 1. The van der Waals surface area contributed by atoms with Crippen molar-refractivity contribution in [3.8, 4) is 6.07 Å². The minimum atomic E-state index is -0.399. The Morgan fingerprint density at radius 3 is 2.83 bits per heavy atom. The van der Waals surface area contributed by atoms with Gasteiger partial charge in [0.05, 0.1) is 21.5 Å². The van der Waals surface area contributed by atoms with E-state index in [0.717, 1.165) is 11.0 Å². The van der Waals surface area contributed by atoms with Gasteiger partial charge in [0.15, 0.2) is 0 Å². The van der Waals surface area contributed by atoms with Crippen LogP contribution in [-0.4, -0.2) is 14.9 Å². The van der Waals surface area contributed by atoms with Gasteiger partial charge >= 0.3 is 0 Å². The third kappa shape index (κ3) is 2.88. The summed E-state index contributed by atoms with van der Waals surface area (Å²) in [5.74, 6) is 0.445. The number of benzene rings is 2. The zero-order chi connectivity index (χ0) is 17.1. The van der Waals surface area contributed by atoms with Gasteiger partial charge in [-0.15, -0.1) is 0 Å². The molecule has 3 rings (SSSR count). The summed E-state index contributed by atoms with van der Waals surface area (Å²) in [6.07, 6.45) is 2.18. The van der Waals surface area contributed by atoms with Crippen molar-refractivity contribution < 1.29 is 4.92 Å². The minimum Gasteiger partial charge on any atom is -0.337 e. The molecule has 0 amide bonds. The summed E-state index contributed by atoms with van der Waals surface area (Å²) in [4.78, 5) is 18.3. The van der Waals surface area contributed by atoms with Gasteiger partial charge in [0.1, 0.15) is 11.9 Å². The van der Waals surface area contributed by atoms with Crippen LogP contribution in [0.25, 0.3) is 22.7 Å². The molecule has 1 heterocycles. The summed E-state index contributed by atoms with van der Waals surface area (Å²) in [6.45, 7) is 1.87. The second kappa shape index (κ2) is 6.34. The number of allylic oxidation sites excluding steroid dienone is 1. The zero-order valence-electron chi connectivity index (χ0n) is 13.0. The molecule has 0 radical (unpaired) electrons. The van der Waals surface area contributed by atoms with E-state index in [1.807, 2.05) is 31.2 Å². The lowest BCUT2D eigenvalue weighted by Gasteiger charge is -2.01. The summed E-state index contributed by atoms with van der Waals surface area (Å²) in [5, 5.41) is 20.6. The predicted octanol–water partition coefficient (Wildman–Crippen LogP) is 4.10. The fraction of sp³-hybridized carbons (Fsp3) is 0.111. The predicted molar refractivity (Wildman–Crippen MR) is 92.1 cm³/mol. The number of nitrogens with zero attached hydrogens (tertiary/aromatic N) is 3. The lowest BCUT2D eigenvalue weighted by molar-refractivity contribution is -0.385. The Labute approximate surface area is 138 Å². The first-order chi connectivity index (χ1) is 11.6. The van der Waals surface area contributed by atoms with E-state index in [1.54, 1.807) is 18.2 Å². The highest BCUT2D eigenvalue weighted by Crippen LogP contribution is 2.24. The Bertz CT molecular complexity index is 963. The van der Waals surface area contributed by atoms with Crippen LogP contribution >= 0.6 is 0 Å². The van der Waals surface area contributed by atoms with E-state index >= 15 is 0 Å². The summed E-state index contributed by atoms with van der Waals surface area (Å²) in [5.41, 5.74) is 3.25. The molecule has 0 aliphatic heterocycles. The first-order valence-corrected chi connectivity index (χ1v) is 7.46. The minimum absolute atomic E-state index is 0.0631. The van der Waals surface area contributed by atoms with Gasteiger partial charge in [-0.25, -0.2) is 4.98 Å². The third-order valence-electron chi connectivity index (χ3n) is 3.76. The maximum atomic E-state index is 11.2. The van der Waals surface area contributed by atoms with Crippen LogP contribution in [0.2, 0.25) is 0 Å². The fourth-order valence-electron chi connectivity index (χ4n) is 2.54. The molecule has 3 aromatic rings. The van der Waals surface area contributed by atoms with Crippen LogP contribution in [0.4, 0.5) is 5.69 Å². The van der Waals surface area contributed by atoms with Crippen molar-refractivity contribution in [3.63, 3.8) is 0 Å². The highest BCUT2D eigenvalue weighted by molar-refractivity contribution is 5.90. The monoisotopic (exact) mass is 318 g/mol. The molecule has 0 aliphatic rings. The van der Waals surface area contributed by atoms with Crippen molar-refractivity contribution in [2.75, 3.05) is 0 Å². The topological polar surface area (TPSA) is 95.6 Å². The Kier molecular flexibility index (Phi) is 4.08. The average molecular weight is 318 g/mol. The van der Waals surface area contributed by atoms with Crippen LogP contribution in [0.3, 0.4) is 0 Å². The van der Waals surface area contributed by atoms with Crippen LogP contribution in [0.1, 0.15) is 23.9 Å². The number of imidazole rings is 1. The molecule has 118 valence electrons. The summed E-state index contributed by atoms with van der Waals surface area (Å²) < 4.78 is 0. The third-order valence-corrected chi connectivity index (χ3v) is 3.76. The maximum absolute atomic E-state index is 11.2. The van der Waals surface area contributed by atoms with Crippen LogP contribution in [-0.2, 0) is 6.42 Å². The van der Waals surface area contributed by atoms with E-state index in [-0.39, 0.29) is 5.69 Å². The van der Waals surface area contributed by atoms with Gasteiger partial charge in [0.2, 0.25) is 0 Å². The number of rotatable bonds is 4. The van der Waals surface area contributed by atoms with E-state index in [9.17, 15) is 15.4 Å². The number of nitrogens with one attached hydrogen (secondary N) is 1. The Morgan fingerprint density at radius 2 is 2.17 bits per heavy atom. The van der Waals surface area contributed by atoms with E-state index in [4.69, 9.17) is 0 Å². The molecule has 0 unspecified atom stereocenters. The van der Waals surface area contributed by atoms with Crippen molar-refractivity contribution in [2.45, 2.75) is 13.3 Å². The molecule has 0 fully saturated rings. The van der Waals surface area contributed by atoms with Crippen molar-refractivity contribution in [1.82, 2.24) is 9.97 Å². The second-order valence-electron chi connectivity index (χ2n) is 5.27. The molecule has 24 heavy (non-hydrogen) atoms. The number of hydrogen-bond acceptors (Lipinski definition) is 4. The van der Waals surface area contributed by atoms with Gasteiger partial charge in [-0.1, -0.05) is 31.2 Å². The molecule has 1 N–H and O–H groups in total. The van der Waals surface area contributed by atoms with E-state index in [1.165, 1.54) is 6.07 Å². The van der Waals surface area contributed by atoms with Crippen molar-refractivity contribution in [2.24, 2.45) is 0 Å². The van der Waals surface area contributed by atoms with Gasteiger partial charge in [-0.2, -0.15) is 5.26 Å². The molecule has 0 bridgehead atoms. The molecule has 0 spiro atoms. The number of fused-ring (bicyclic) bond motifs is 1. The van der Waals surface area contributed by atoms with Crippen molar-refractivity contribution in [3.05, 3.63) is 69.5 Å². The lowest BCUT2D eigenvalue weighted by atomic mass is 10.0. The smallest absolute Gasteiger partial charge is 0.273 e. The van der Waals surface area contributed by atoms with Crippen LogP contribution < -0.4 is 0 Å². The largest absolute Gasteiger partial charge is 0.337 e. The first kappa shape index (κ1) is 15.4. The van der Waals surface area contributed by atoms with E-state index in [0.29, 0.717) is 28.9 Å². The van der Waals surface area contributed by atoms with Gasteiger partial charge in [0.25, 0.3) is 5.69 Å². The molecular formula is C18H14N4O2. The van der Waals surface area contributed by atoms with Crippen LogP contribution in [0.15, 0.2) is 42.5 Å². The standard InChI is InChI=1S/C18H14N4O2/c1-2-13-8-7-12(10-17(13)22(23)24)9-14(11-19)18-20-15-5-3-4-6-16(15)21-18/h3-10H,2H2,1H3,(H,20,21)/b14-9-. The lowest BCUT2D eigenvalue weighted by Crippen LogP contribution is -1.95. The fourth-order valence-corrected chi connectivity index (χ4v) is 2.54. The summed E-state index contributed by atoms with van der Waals surface area (Å²) in [6, 6.07) is 14.6. The van der Waals surface area contributed by atoms with Gasteiger partial charge in [-0.3, -0.25) is 10.1 Å². The second-order valence-corrected chi connectivity index (χ2v) is 5.27. The Hall–Kier alpha value is -3.46. The first-order valence-electron chi connectivity index (χ1n) is 7.46. The highest BCUT2D eigenvalue weighted by Gasteiger charge is 2.13. The van der Waals surface area contributed by atoms with Gasteiger partial charge < -0.3 is 4.98 Å². The van der Waals surface area contributed by atoms with E-state index < -0.39 is 4.92 Å². The average Bonchev–Trinajstić information content (AvgIpc) is 3.03. The van der Waals surface area contributed by atoms with Crippen molar-refractivity contribution in [1.29, 1.82) is 5.26 Å². The molecule has 0 saturated carbocycles. The van der Waals surface area contributed by atoms with Crippen LogP contribution in [0.5, 0.6) is 0 Å². The number of nitro benzene ring substituents is 1. The highest BCUT2D eigenvalue weighted by atomic mass is 16.6. The normalized spacial score (nSPS) is 11.4. The summed E-state index contributed by atoms with van der Waals surface area (Å²) in [7, 11) is 0. The number of aromatic nitrogens is 2. The molecule has 6 nitrogen and oxygen atoms in total. The zero-order valence-corrected chi connectivity index (χ0v) is 13.0. The van der Waals surface area contributed by atoms with Crippen LogP contribution in [0, 0.1) is 21.4 Å². The quantitative estimate of drug-likeness (QED) is 0.445. The Balaban J connectivity index is 2.06. The number of hydrogen-bond donors (Lipinski definition) is 1. The molecular weight excluding hydrogens is 304 g/mol. The molecule has 6 heteroatoms. The summed E-state index contributed by atoms with van der Waals surface area (Å²) >= 11 is 0. The molecule has 2 aromatic carbocycles. The molecule has 1 aromatic heterocycles. The molecule has 0 atom stereocenters. The van der Waals surface area contributed by atoms with Gasteiger partial charge in [-0.05, 0) is 30.2 Å². The molecule has 0 aliphatic carbocycles. The van der Waals surface area contributed by atoms with Crippen molar-refractivity contribution >= 4 is 28.4 Å².